The van der Waals surface area contributed by atoms with Gasteiger partial charge in [-0.3, -0.25) is 0 Å². The molecule has 0 aliphatic heterocycles. The zero-order valence-electron chi connectivity index (χ0n) is 12.3. The van der Waals surface area contributed by atoms with Crippen molar-refractivity contribution in [2.24, 2.45) is 5.73 Å². The molecule has 1 fully saturated rings. The number of benzene rings is 1. The fourth-order valence-corrected chi connectivity index (χ4v) is 4.46. The van der Waals surface area contributed by atoms with Gasteiger partial charge < -0.3 is 5.73 Å². The Morgan fingerprint density at radius 1 is 1.25 bits per heavy atom. The van der Waals surface area contributed by atoms with Gasteiger partial charge in [-0.05, 0) is 49.4 Å². The van der Waals surface area contributed by atoms with Crippen LogP contribution >= 0.6 is 0 Å². The number of sulfonamides is 1. The molecule has 0 bridgehead atoms. The fourth-order valence-electron chi connectivity index (χ4n) is 2.95. The number of nitrogens with two attached hydrogens (primary N) is 1. The Balaban J connectivity index is 2.29. The summed E-state index contributed by atoms with van der Waals surface area (Å²) in [5.41, 5.74) is 7.43. The molecular formula is C15H24N2O2S. The molecule has 1 aliphatic carbocycles. The summed E-state index contributed by atoms with van der Waals surface area (Å²) < 4.78 is 27.9. The molecule has 1 aliphatic rings. The van der Waals surface area contributed by atoms with Crippen molar-refractivity contribution in [2.45, 2.75) is 62.9 Å². The molecule has 2 rings (SSSR count). The highest BCUT2D eigenvalue weighted by Gasteiger charge is 2.33. The second-order valence-corrected chi connectivity index (χ2v) is 7.54. The third-order valence-corrected chi connectivity index (χ3v) is 5.81. The normalized spacial score (nSPS) is 18.4. The second-order valence-electron chi connectivity index (χ2n) is 5.86. The Morgan fingerprint density at radius 2 is 1.90 bits per heavy atom. The summed E-state index contributed by atoms with van der Waals surface area (Å²) in [7, 11) is -3.47. The van der Waals surface area contributed by atoms with Gasteiger partial charge in [0.15, 0.2) is 0 Å². The van der Waals surface area contributed by atoms with Crippen molar-refractivity contribution in [1.82, 2.24) is 4.72 Å². The van der Waals surface area contributed by atoms with Crippen molar-refractivity contribution < 1.29 is 8.42 Å². The van der Waals surface area contributed by atoms with Gasteiger partial charge in [0, 0.05) is 12.1 Å². The molecule has 1 aromatic rings. The van der Waals surface area contributed by atoms with Crippen LogP contribution in [0.1, 0.15) is 50.7 Å². The lowest BCUT2D eigenvalue weighted by Crippen LogP contribution is -2.43. The van der Waals surface area contributed by atoms with Crippen LogP contribution in [0.4, 0.5) is 0 Å². The number of aryl methyl sites for hydroxylation is 1. The van der Waals surface area contributed by atoms with Gasteiger partial charge in [0.2, 0.25) is 10.0 Å². The Labute approximate surface area is 121 Å². The number of hydrogen-bond acceptors (Lipinski definition) is 3. The van der Waals surface area contributed by atoms with Crippen molar-refractivity contribution in [1.29, 1.82) is 0 Å². The summed E-state index contributed by atoms with van der Waals surface area (Å²) >= 11 is 0. The van der Waals surface area contributed by atoms with Crippen molar-refractivity contribution >= 4 is 10.0 Å². The SMILES string of the molecule is CCc1ccc(S(=O)(=O)NC2(C)CCCC2)cc1CN. The predicted molar refractivity (Wildman–Crippen MR) is 80.9 cm³/mol. The first kappa shape index (κ1) is 15.5. The van der Waals surface area contributed by atoms with E-state index >= 15 is 0 Å². The van der Waals surface area contributed by atoms with Crippen LogP contribution < -0.4 is 10.5 Å². The Kier molecular flexibility index (Phi) is 4.52. The van der Waals surface area contributed by atoms with Gasteiger partial charge in [-0.1, -0.05) is 25.8 Å². The molecule has 20 heavy (non-hydrogen) atoms. The topological polar surface area (TPSA) is 72.2 Å². The third kappa shape index (κ3) is 3.22. The summed E-state index contributed by atoms with van der Waals surface area (Å²) in [6, 6.07) is 5.26. The first-order valence-electron chi connectivity index (χ1n) is 7.26. The maximum absolute atomic E-state index is 12.5. The van der Waals surface area contributed by atoms with E-state index in [4.69, 9.17) is 5.73 Å². The van der Waals surface area contributed by atoms with Crippen LogP contribution in [-0.2, 0) is 23.0 Å². The zero-order valence-corrected chi connectivity index (χ0v) is 13.1. The van der Waals surface area contributed by atoms with Gasteiger partial charge in [-0.2, -0.15) is 0 Å². The van der Waals surface area contributed by atoms with Crippen LogP contribution in [0.15, 0.2) is 23.1 Å². The summed E-state index contributed by atoms with van der Waals surface area (Å²) in [6.45, 7) is 4.39. The summed E-state index contributed by atoms with van der Waals surface area (Å²) in [5, 5.41) is 0. The van der Waals surface area contributed by atoms with E-state index in [1.807, 2.05) is 19.9 Å². The molecule has 1 saturated carbocycles. The highest BCUT2D eigenvalue weighted by atomic mass is 32.2. The minimum atomic E-state index is -3.47. The van der Waals surface area contributed by atoms with E-state index in [0.717, 1.165) is 43.2 Å². The molecule has 1 aromatic carbocycles. The average Bonchev–Trinajstić information content (AvgIpc) is 2.83. The molecule has 112 valence electrons. The van der Waals surface area contributed by atoms with Crippen LogP contribution in [0.5, 0.6) is 0 Å². The van der Waals surface area contributed by atoms with E-state index in [2.05, 4.69) is 4.72 Å². The molecule has 0 radical (unpaired) electrons. The average molecular weight is 296 g/mol. The molecule has 0 heterocycles. The lowest BCUT2D eigenvalue weighted by molar-refractivity contribution is 0.427. The maximum atomic E-state index is 12.5. The first-order valence-corrected chi connectivity index (χ1v) is 8.74. The Bertz CT molecular complexity index is 576. The number of rotatable bonds is 5. The Hall–Kier alpha value is -0.910. The third-order valence-electron chi connectivity index (χ3n) is 4.18. The maximum Gasteiger partial charge on any atom is 0.241 e. The van der Waals surface area contributed by atoms with Crippen LogP contribution in [0.25, 0.3) is 0 Å². The molecule has 0 aromatic heterocycles. The largest absolute Gasteiger partial charge is 0.326 e. The first-order chi connectivity index (χ1) is 9.40. The van der Waals surface area contributed by atoms with E-state index in [1.165, 1.54) is 0 Å². The molecule has 0 atom stereocenters. The second kappa shape index (κ2) is 5.84. The smallest absolute Gasteiger partial charge is 0.241 e. The van der Waals surface area contributed by atoms with Gasteiger partial charge in [0.25, 0.3) is 0 Å². The Morgan fingerprint density at radius 3 is 2.45 bits per heavy atom. The van der Waals surface area contributed by atoms with E-state index in [0.29, 0.717) is 11.4 Å². The standard InChI is InChI=1S/C15H24N2O2S/c1-3-12-6-7-14(10-13(12)11-16)20(18,19)17-15(2)8-4-5-9-15/h6-7,10,17H,3-5,8-9,11,16H2,1-2H3. The number of hydrogen-bond donors (Lipinski definition) is 2. The van der Waals surface area contributed by atoms with Crippen molar-refractivity contribution in [3.63, 3.8) is 0 Å². The summed E-state index contributed by atoms with van der Waals surface area (Å²) in [5.74, 6) is 0. The molecule has 3 N–H and O–H groups in total. The highest BCUT2D eigenvalue weighted by molar-refractivity contribution is 7.89. The predicted octanol–water partition coefficient (Wildman–Crippen LogP) is 2.32. The van der Waals surface area contributed by atoms with E-state index in [1.54, 1.807) is 12.1 Å². The molecule has 0 spiro atoms. The molecule has 0 saturated heterocycles. The lowest BCUT2D eigenvalue weighted by atomic mass is 10.0. The minimum absolute atomic E-state index is 0.300. The monoisotopic (exact) mass is 296 g/mol. The van der Waals surface area contributed by atoms with Crippen LogP contribution in [0.3, 0.4) is 0 Å². The molecule has 0 unspecified atom stereocenters. The molecule has 5 heteroatoms. The van der Waals surface area contributed by atoms with Crippen molar-refractivity contribution in [3.8, 4) is 0 Å². The highest BCUT2D eigenvalue weighted by Crippen LogP contribution is 2.30. The summed E-state index contributed by atoms with van der Waals surface area (Å²) in [4.78, 5) is 0.322. The lowest BCUT2D eigenvalue weighted by Gasteiger charge is -2.25. The fraction of sp³-hybridized carbons (Fsp3) is 0.600. The summed E-state index contributed by atoms with van der Waals surface area (Å²) in [6.07, 6.45) is 4.84. The van der Waals surface area contributed by atoms with Gasteiger partial charge in [0.1, 0.15) is 0 Å². The molecular weight excluding hydrogens is 272 g/mol. The van der Waals surface area contributed by atoms with Gasteiger partial charge in [-0.15, -0.1) is 0 Å². The van der Waals surface area contributed by atoms with E-state index in [9.17, 15) is 8.42 Å². The van der Waals surface area contributed by atoms with Crippen LogP contribution in [0, 0.1) is 0 Å². The minimum Gasteiger partial charge on any atom is -0.326 e. The zero-order chi connectivity index (χ0) is 14.8. The quantitative estimate of drug-likeness (QED) is 0.876. The molecule has 0 amide bonds. The van der Waals surface area contributed by atoms with Crippen LogP contribution in [-0.4, -0.2) is 14.0 Å². The van der Waals surface area contributed by atoms with Gasteiger partial charge in [0.05, 0.1) is 4.90 Å². The van der Waals surface area contributed by atoms with Crippen molar-refractivity contribution in [3.05, 3.63) is 29.3 Å². The van der Waals surface area contributed by atoms with E-state index in [-0.39, 0.29) is 5.54 Å². The number of nitrogens with one attached hydrogen (secondary N) is 1. The van der Waals surface area contributed by atoms with Gasteiger partial charge >= 0.3 is 0 Å². The molecule has 4 nitrogen and oxygen atoms in total. The van der Waals surface area contributed by atoms with Crippen LogP contribution in [0.2, 0.25) is 0 Å². The van der Waals surface area contributed by atoms with E-state index < -0.39 is 10.0 Å². The van der Waals surface area contributed by atoms with Crippen molar-refractivity contribution in [2.75, 3.05) is 0 Å². The van der Waals surface area contributed by atoms with Gasteiger partial charge in [-0.25, -0.2) is 13.1 Å².